The quantitative estimate of drug-likeness (QED) is 0.304. The number of methoxy groups -OCH3 is 2. The SMILES string of the molecule is COC(=O)c1ccc(OC(=O)[C@H](Cc2ccccc2)N2C(=O)c3ccccc3C2=O)c(OC)c1. The molecule has 0 radical (unpaired) electrons. The zero-order valence-corrected chi connectivity index (χ0v) is 18.5. The van der Waals surface area contributed by atoms with Gasteiger partial charge in [-0.3, -0.25) is 14.5 Å². The standard InChI is InChI=1S/C26H21NO7/c1-32-22-15-17(25(30)33-2)12-13-21(22)34-26(31)20(14-16-8-4-3-5-9-16)27-23(28)18-10-6-7-11-19(18)24(27)29/h3-13,15,20H,14H2,1-2H3/t20-/m0/s1. The molecular formula is C26H21NO7. The van der Waals surface area contributed by atoms with Crippen molar-refractivity contribution in [3.05, 3.63) is 95.1 Å². The molecular weight excluding hydrogens is 438 g/mol. The van der Waals surface area contributed by atoms with Crippen LogP contribution in [0.4, 0.5) is 0 Å². The molecule has 0 fully saturated rings. The molecule has 3 aromatic rings. The first-order valence-electron chi connectivity index (χ1n) is 10.4. The molecule has 8 nitrogen and oxygen atoms in total. The van der Waals surface area contributed by atoms with Gasteiger partial charge in [-0.25, -0.2) is 9.59 Å². The van der Waals surface area contributed by atoms with Crippen molar-refractivity contribution >= 4 is 23.8 Å². The molecule has 34 heavy (non-hydrogen) atoms. The minimum atomic E-state index is -1.22. The molecule has 0 spiro atoms. The van der Waals surface area contributed by atoms with Crippen molar-refractivity contribution in [3.8, 4) is 11.5 Å². The van der Waals surface area contributed by atoms with Gasteiger partial charge < -0.3 is 14.2 Å². The van der Waals surface area contributed by atoms with Crippen molar-refractivity contribution in [1.82, 2.24) is 4.90 Å². The second-order valence-electron chi connectivity index (χ2n) is 7.51. The Morgan fingerprint density at radius 1 is 0.824 bits per heavy atom. The molecule has 0 aliphatic carbocycles. The predicted octanol–water partition coefficient (Wildman–Crippen LogP) is 3.29. The van der Waals surface area contributed by atoms with E-state index in [4.69, 9.17) is 14.2 Å². The Kier molecular flexibility index (Phi) is 6.40. The van der Waals surface area contributed by atoms with Gasteiger partial charge in [0, 0.05) is 6.42 Å². The lowest BCUT2D eigenvalue weighted by atomic mass is 10.0. The van der Waals surface area contributed by atoms with Gasteiger partial charge in [-0.15, -0.1) is 0 Å². The second kappa shape index (κ2) is 9.58. The maximum atomic E-state index is 13.4. The monoisotopic (exact) mass is 459 g/mol. The van der Waals surface area contributed by atoms with Gasteiger partial charge in [-0.1, -0.05) is 42.5 Å². The van der Waals surface area contributed by atoms with E-state index in [0.717, 1.165) is 10.5 Å². The number of hydrogen-bond donors (Lipinski definition) is 0. The maximum Gasteiger partial charge on any atom is 0.337 e. The molecule has 1 aliphatic rings. The summed E-state index contributed by atoms with van der Waals surface area (Å²) in [5.41, 5.74) is 1.42. The lowest BCUT2D eigenvalue weighted by Crippen LogP contribution is -2.48. The van der Waals surface area contributed by atoms with Crippen LogP contribution >= 0.6 is 0 Å². The minimum absolute atomic E-state index is 0.0369. The lowest BCUT2D eigenvalue weighted by Gasteiger charge is -2.25. The fourth-order valence-electron chi connectivity index (χ4n) is 3.78. The molecule has 172 valence electrons. The van der Waals surface area contributed by atoms with Gasteiger partial charge in [0.25, 0.3) is 11.8 Å². The number of fused-ring (bicyclic) bond motifs is 1. The fraction of sp³-hybridized carbons (Fsp3) is 0.154. The molecule has 0 saturated heterocycles. The number of esters is 2. The summed E-state index contributed by atoms with van der Waals surface area (Å²) in [5, 5.41) is 0. The minimum Gasteiger partial charge on any atom is -0.493 e. The molecule has 1 aliphatic heterocycles. The first-order chi connectivity index (χ1) is 16.4. The van der Waals surface area contributed by atoms with E-state index in [1.54, 1.807) is 48.5 Å². The van der Waals surface area contributed by atoms with Gasteiger partial charge in [0.05, 0.1) is 30.9 Å². The van der Waals surface area contributed by atoms with Crippen LogP contribution in [0.15, 0.2) is 72.8 Å². The average Bonchev–Trinajstić information content (AvgIpc) is 3.12. The van der Waals surface area contributed by atoms with E-state index in [1.165, 1.54) is 32.4 Å². The lowest BCUT2D eigenvalue weighted by molar-refractivity contribution is -0.138. The third-order valence-electron chi connectivity index (χ3n) is 5.48. The number of benzene rings is 3. The van der Waals surface area contributed by atoms with Crippen LogP contribution < -0.4 is 9.47 Å². The molecule has 2 amide bonds. The number of carbonyl (C=O) groups excluding carboxylic acids is 4. The van der Waals surface area contributed by atoms with Crippen LogP contribution in [-0.2, 0) is 16.0 Å². The number of carbonyl (C=O) groups is 4. The Balaban J connectivity index is 1.68. The second-order valence-corrected chi connectivity index (χ2v) is 7.51. The molecule has 4 rings (SSSR count). The summed E-state index contributed by atoms with van der Waals surface area (Å²) in [4.78, 5) is 52.3. The topological polar surface area (TPSA) is 99.2 Å². The average molecular weight is 459 g/mol. The number of imide groups is 1. The first-order valence-corrected chi connectivity index (χ1v) is 10.4. The van der Waals surface area contributed by atoms with E-state index < -0.39 is 29.8 Å². The largest absolute Gasteiger partial charge is 0.493 e. The predicted molar refractivity (Wildman–Crippen MR) is 121 cm³/mol. The molecule has 3 aromatic carbocycles. The molecule has 0 unspecified atom stereocenters. The summed E-state index contributed by atoms with van der Waals surface area (Å²) in [6, 6.07) is 18.4. The smallest absolute Gasteiger partial charge is 0.337 e. The van der Waals surface area contributed by atoms with E-state index in [1.807, 2.05) is 6.07 Å². The highest BCUT2D eigenvalue weighted by Gasteiger charge is 2.43. The van der Waals surface area contributed by atoms with Gasteiger partial charge in [0.15, 0.2) is 11.5 Å². The molecule has 1 heterocycles. The normalized spacial score (nSPS) is 13.3. The van der Waals surface area contributed by atoms with Crippen LogP contribution in [0.2, 0.25) is 0 Å². The van der Waals surface area contributed by atoms with Crippen molar-refractivity contribution in [2.24, 2.45) is 0 Å². The van der Waals surface area contributed by atoms with Gasteiger partial charge in [-0.05, 0) is 35.9 Å². The highest BCUT2D eigenvalue weighted by Crippen LogP contribution is 2.31. The third kappa shape index (κ3) is 4.25. The zero-order valence-electron chi connectivity index (χ0n) is 18.5. The van der Waals surface area contributed by atoms with E-state index in [9.17, 15) is 19.2 Å². The molecule has 0 aromatic heterocycles. The van der Waals surface area contributed by atoms with Gasteiger partial charge >= 0.3 is 11.9 Å². The van der Waals surface area contributed by atoms with Gasteiger partial charge in [0.1, 0.15) is 6.04 Å². The summed E-state index contributed by atoms with van der Waals surface area (Å²) < 4.78 is 15.5. The van der Waals surface area contributed by atoms with Crippen molar-refractivity contribution in [2.75, 3.05) is 14.2 Å². The summed E-state index contributed by atoms with van der Waals surface area (Å²) >= 11 is 0. The summed E-state index contributed by atoms with van der Waals surface area (Å²) in [7, 11) is 2.61. The van der Waals surface area contributed by atoms with Crippen LogP contribution in [-0.4, -0.2) is 48.9 Å². The maximum absolute atomic E-state index is 13.4. The molecule has 0 saturated carbocycles. The summed E-state index contributed by atoms with van der Waals surface area (Å²) in [6.07, 6.45) is 0.0632. The number of nitrogens with zero attached hydrogens (tertiary/aromatic N) is 1. The van der Waals surface area contributed by atoms with Crippen molar-refractivity contribution in [3.63, 3.8) is 0 Å². The number of ether oxygens (including phenoxy) is 3. The Labute approximate surface area is 195 Å². The number of hydrogen-bond acceptors (Lipinski definition) is 7. The van der Waals surface area contributed by atoms with E-state index in [0.29, 0.717) is 0 Å². The van der Waals surface area contributed by atoms with Crippen LogP contribution in [0.3, 0.4) is 0 Å². The summed E-state index contributed by atoms with van der Waals surface area (Å²) in [6.45, 7) is 0. The van der Waals surface area contributed by atoms with Gasteiger partial charge in [-0.2, -0.15) is 0 Å². The number of amides is 2. The Hall–Kier alpha value is -4.46. The van der Waals surface area contributed by atoms with Crippen LogP contribution in [0.25, 0.3) is 0 Å². The Morgan fingerprint density at radius 3 is 2.03 bits per heavy atom. The van der Waals surface area contributed by atoms with Gasteiger partial charge in [0.2, 0.25) is 0 Å². The van der Waals surface area contributed by atoms with E-state index in [2.05, 4.69) is 0 Å². The van der Waals surface area contributed by atoms with Crippen LogP contribution in [0.1, 0.15) is 36.6 Å². The van der Waals surface area contributed by atoms with Crippen LogP contribution in [0, 0.1) is 0 Å². The van der Waals surface area contributed by atoms with E-state index in [-0.39, 0.29) is 34.6 Å². The zero-order chi connectivity index (χ0) is 24.2. The molecule has 0 N–H and O–H groups in total. The molecule has 1 atom stereocenters. The van der Waals surface area contributed by atoms with Crippen molar-refractivity contribution in [2.45, 2.75) is 12.5 Å². The van der Waals surface area contributed by atoms with Crippen molar-refractivity contribution < 1.29 is 33.4 Å². The molecule has 8 heteroatoms. The Bertz CT molecular complexity index is 1230. The number of rotatable bonds is 7. The fourth-order valence-corrected chi connectivity index (χ4v) is 3.78. The van der Waals surface area contributed by atoms with E-state index >= 15 is 0 Å². The third-order valence-corrected chi connectivity index (χ3v) is 5.48. The van der Waals surface area contributed by atoms with Crippen molar-refractivity contribution in [1.29, 1.82) is 0 Å². The highest BCUT2D eigenvalue weighted by atomic mass is 16.6. The van der Waals surface area contributed by atoms with Crippen LogP contribution in [0.5, 0.6) is 11.5 Å². The Morgan fingerprint density at radius 2 is 1.44 bits per heavy atom. The first kappa shape index (κ1) is 22.7. The summed E-state index contributed by atoms with van der Waals surface area (Å²) in [5.74, 6) is -2.36. The highest BCUT2D eigenvalue weighted by molar-refractivity contribution is 6.22. The molecule has 0 bridgehead atoms.